The topological polar surface area (TPSA) is 90.7 Å². The molecule has 0 saturated heterocycles. The van der Waals surface area contributed by atoms with Crippen molar-refractivity contribution in [3.63, 3.8) is 0 Å². The molecule has 2 heterocycles. The van der Waals surface area contributed by atoms with Crippen LogP contribution in [-0.2, 0) is 4.79 Å². The molecule has 0 bridgehead atoms. The fourth-order valence-electron chi connectivity index (χ4n) is 2.95. The Kier molecular flexibility index (Phi) is 4.77. The highest BCUT2D eigenvalue weighted by Gasteiger charge is 2.29. The molecule has 146 valence electrons. The number of aromatic nitrogens is 2. The Morgan fingerprint density at radius 2 is 1.76 bits per heavy atom. The lowest BCUT2D eigenvalue weighted by atomic mass is 10.1. The zero-order chi connectivity index (χ0) is 20.7. The van der Waals surface area contributed by atoms with Gasteiger partial charge in [-0.3, -0.25) is 14.7 Å². The van der Waals surface area contributed by atoms with Gasteiger partial charge in [-0.1, -0.05) is 41.4 Å². The van der Waals surface area contributed by atoms with Crippen molar-refractivity contribution in [1.29, 1.82) is 0 Å². The first-order chi connectivity index (χ1) is 13.9. The summed E-state index contributed by atoms with van der Waals surface area (Å²) in [5.74, 6) is -0.755. The molecule has 1 amide bonds. The van der Waals surface area contributed by atoms with Crippen LogP contribution in [-0.4, -0.2) is 26.5 Å². The van der Waals surface area contributed by atoms with Gasteiger partial charge in [0.2, 0.25) is 5.88 Å². The molecule has 0 spiro atoms. The lowest BCUT2D eigenvalue weighted by molar-refractivity contribution is -0.114. The van der Waals surface area contributed by atoms with Crippen LogP contribution in [0.2, 0.25) is 10.0 Å². The minimum Gasteiger partial charge on any atom is -0.493 e. The second-order valence-electron chi connectivity index (χ2n) is 6.31. The smallest absolute Gasteiger partial charge is 0.280 e. The maximum absolute atomic E-state index is 12.8. The summed E-state index contributed by atoms with van der Waals surface area (Å²) in [5.41, 5.74) is 1.02. The van der Waals surface area contributed by atoms with Gasteiger partial charge in [0, 0.05) is 0 Å². The largest absolute Gasteiger partial charge is 0.493 e. The number of carbonyl (C=O) groups is 1. The number of hydrazone groups is 1. The predicted octanol–water partition coefficient (Wildman–Crippen LogP) is 3.98. The number of hydrogen-bond donors (Lipinski definition) is 2. The maximum atomic E-state index is 12.8. The van der Waals surface area contributed by atoms with E-state index < -0.39 is 11.5 Å². The molecule has 4 rings (SSSR count). The first-order valence-electron chi connectivity index (χ1n) is 8.53. The summed E-state index contributed by atoms with van der Waals surface area (Å²) in [7, 11) is 0. The van der Waals surface area contributed by atoms with Gasteiger partial charge in [0.15, 0.2) is 0 Å². The quantitative estimate of drug-likeness (QED) is 0.617. The third-order valence-electron chi connectivity index (χ3n) is 4.42. The number of para-hydroxylation sites is 1. The number of aromatic hydroxyl groups is 1. The number of nitrogens with one attached hydrogen (secondary N) is 1. The maximum Gasteiger partial charge on any atom is 0.280 e. The summed E-state index contributed by atoms with van der Waals surface area (Å²) >= 11 is 11.9. The number of halogens is 2. The second kappa shape index (κ2) is 7.27. The van der Waals surface area contributed by atoms with Crippen molar-refractivity contribution in [2.75, 3.05) is 5.01 Å². The molecule has 3 aromatic rings. The lowest BCUT2D eigenvalue weighted by Crippen LogP contribution is -2.21. The van der Waals surface area contributed by atoms with Crippen LogP contribution < -0.4 is 10.6 Å². The Bertz CT molecular complexity index is 1240. The first-order valence-corrected chi connectivity index (χ1v) is 9.28. The van der Waals surface area contributed by atoms with Crippen molar-refractivity contribution in [2.24, 2.45) is 5.10 Å². The fourth-order valence-corrected chi connectivity index (χ4v) is 3.24. The number of benzene rings is 2. The predicted molar refractivity (Wildman–Crippen MR) is 113 cm³/mol. The van der Waals surface area contributed by atoms with Crippen LogP contribution >= 0.6 is 23.2 Å². The Morgan fingerprint density at radius 1 is 1.03 bits per heavy atom. The van der Waals surface area contributed by atoms with E-state index in [2.05, 4.69) is 10.2 Å². The molecular weight excluding hydrogens is 415 g/mol. The lowest BCUT2D eigenvalue weighted by Gasteiger charge is -2.10. The average Bonchev–Trinajstić information content (AvgIpc) is 3.15. The van der Waals surface area contributed by atoms with Gasteiger partial charge < -0.3 is 5.11 Å². The number of rotatable bonds is 3. The van der Waals surface area contributed by atoms with Gasteiger partial charge >= 0.3 is 0 Å². The first kappa shape index (κ1) is 19.0. The third-order valence-corrected chi connectivity index (χ3v) is 5.16. The Morgan fingerprint density at radius 3 is 2.45 bits per heavy atom. The molecule has 0 aliphatic carbocycles. The molecule has 0 atom stereocenters. The molecule has 7 nitrogen and oxygen atoms in total. The fraction of sp³-hybridized carbons (Fsp3) is 0.0500. The molecule has 1 aliphatic heterocycles. The van der Waals surface area contributed by atoms with Crippen molar-refractivity contribution in [2.45, 2.75) is 6.92 Å². The van der Waals surface area contributed by atoms with Gasteiger partial charge in [0.1, 0.15) is 5.56 Å². The number of nitrogens with zero attached hydrogens (tertiary/aromatic N) is 3. The second-order valence-corrected chi connectivity index (χ2v) is 7.12. The van der Waals surface area contributed by atoms with Gasteiger partial charge in [0.05, 0.1) is 32.7 Å². The molecule has 0 fully saturated rings. The molecule has 2 N–H and O–H groups in total. The number of aromatic amines is 1. The van der Waals surface area contributed by atoms with Gasteiger partial charge in [-0.05, 0) is 43.3 Å². The van der Waals surface area contributed by atoms with Crippen molar-refractivity contribution < 1.29 is 9.90 Å². The SMILES string of the molecule is CC1=NN(c2ccccc2)C(=O)/C1=C/c1c(O)n(-c2ccc(Cl)c(Cl)c2)[nH]c1=O. The van der Waals surface area contributed by atoms with Crippen LogP contribution in [0.25, 0.3) is 11.8 Å². The van der Waals surface area contributed by atoms with Crippen LogP contribution in [0.1, 0.15) is 12.5 Å². The summed E-state index contributed by atoms with van der Waals surface area (Å²) in [5, 5.41) is 19.2. The molecule has 1 aromatic heterocycles. The number of anilines is 1. The Hall–Kier alpha value is -3.29. The highest BCUT2D eigenvalue weighted by Crippen LogP contribution is 2.29. The molecule has 0 unspecified atom stereocenters. The van der Waals surface area contributed by atoms with E-state index in [9.17, 15) is 14.7 Å². The average molecular weight is 429 g/mol. The standard InChI is InChI=1S/C20H14Cl2N4O3/c1-11-14(19(28)25(23-11)12-5-3-2-4-6-12)10-15-18(27)24-26(20(15)29)13-7-8-16(21)17(22)9-13/h2-10,29H,1H3,(H,24,27)/b14-10+. The third kappa shape index (κ3) is 3.35. The van der Waals surface area contributed by atoms with Crippen molar-refractivity contribution in [3.8, 4) is 11.6 Å². The summed E-state index contributed by atoms with van der Waals surface area (Å²) in [6.07, 6.45) is 1.33. The molecule has 0 saturated carbocycles. The minimum absolute atomic E-state index is 0.0658. The molecule has 9 heteroatoms. The van der Waals surface area contributed by atoms with E-state index in [0.29, 0.717) is 22.1 Å². The number of amides is 1. The normalized spacial score (nSPS) is 15.3. The summed E-state index contributed by atoms with van der Waals surface area (Å²) in [6.45, 7) is 1.66. The van der Waals surface area contributed by atoms with Crippen LogP contribution in [0.5, 0.6) is 5.88 Å². The highest BCUT2D eigenvalue weighted by atomic mass is 35.5. The van der Waals surface area contributed by atoms with E-state index in [4.69, 9.17) is 23.2 Å². The van der Waals surface area contributed by atoms with E-state index in [0.717, 1.165) is 4.68 Å². The van der Waals surface area contributed by atoms with E-state index in [1.54, 1.807) is 43.3 Å². The molecule has 1 aliphatic rings. The summed E-state index contributed by atoms with van der Waals surface area (Å²) in [4.78, 5) is 25.2. The summed E-state index contributed by atoms with van der Waals surface area (Å²) in [6, 6.07) is 13.6. The number of H-pyrrole nitrogens is 1. The van der Waals surface area contributed by atoms with Gasteiger partial charge in [-0.15, -0.1) is 0 Å². The Balaban J connectivity index is 1.75. The van der Waals surface area contributed by atoms with Crippen molar-refractivity contribution in [1.82, 2.24) is 9.78 Å². The van der Waals surface area contributed by atoms with Gasteiger partial charge in [0.25, 0.3) is 11.5 Å². The van der Waals surface area contributed by atoms with Crippen LogP contribution in [0, 0.1) is 0 Å². The monoisotopic (exact) mass is 428 g/mol. The number of carbonyl (C=O) groups excluding carboxylic acids is 1. The van der Waals surface area contributed by atoms with Crippen LogP contribution in [0.15, 0.2) is 64.0 Å². The van der Waals surface area contributed by atoms with Crippen LogP contribution in [0.3, 0.4) is 0 Å². The van der Waals surface area contributed by atoms with Crippen molar-refractivity contribution in [3.05, 3.63) is 80.1 Å². The minimum atomic E-state index is -0.570. The van der Waals surface area contributed by atoms with E-state index in [-0.39, 0.29) is 22.0 Å². The van der Waals surface area contributed by atoms with Gasteiger partial charge in [-0.2, -0.15) is 10.1 Å². The van der Waals surface area contributed by atoms with Crippen molar-refractivity contribution >= 4 is 46.6 Å². The zero-order valence-corrected chi connectivity index (χ0v) is 16.6. The molecule has 0 radical (unpaired) electrons. The van der Waals surface area contributed by atoms with E-state index in [1.165, 1.54) is 17.2 Å². The zero-order valence-electron chi connectivity index (χ0n) is 15.1. The van der Waals surface area contributed by atoms with E-state index >= 15 is 0 Å². The van der Waals surface area contributed by atoms with Gasteiger partial charge in [-0.25, -0.2) is 4.68 Å². The highest BCUT2D eigenvalue weighted by molar-refractivity contribution is 6.42. The van der Waals surface area contributed by atoms with E-state index in [1.807, 2.05) is 6.07 Å². The molecule has 29 heavy (non-hydrogen) atoms. The molecular formula is C20H14Cl2N4O3. The number of hydrogen-bond acceptors (Lipinski definition) is 4. The summed E-state index contributed by atoms with van der Waals surface area (Å²) < 4.78 is 1.16. The van der Waals surface area contributed by atoms with Crippen LogP contribution in [0.4, 0.5) is 5.69 Å². The molecule has 2 aromatic carbocycles. The Labute approximate surface area is 175 Å².